The summed E-state index contributed by atoms with van der Waals surface area (Å²) in [6, 6.07) is 7.02. The van der Waals surface area contributed by atoms with Crippen molar-refractivity contribution in [3.63, 3.8) is 0 Å². The van der Waals surface area contributed by atoms with Crippen molar-refractivity contribution in [2.45, 2.75) is 32.2 Å². The fraction of sp³-hybridized carbons (Fsp3) is 0.429. The summed E-state index contributed by atoms with van der Waals surface area (Å²) in [7, 11) is 0. The summed E-state index contributed by atoms with van der Waals surface area (Å²) in [4.78, 5) is 3.32. The van der Waals surface area contributed by atoms with Gasteiger partial charge in [-0.3, -0.25) is 0 Å². The average Bonchev–Trinajstić information content (AvgIpc) is 2.91. The van der Waals surface area contributed by atoms with Gasteiger partial charge in [0.15, 0.2) is 0 Å². The number of hydrogen-bond donors (Lipinski definition) is 2. The largest absolute Gasteiger partial charge is 0.359 e. The number of aryl methyl sites for hydroxylation is 1. The molecule has 2 N–H and O–H groups in total. The van der Waals surface area contributed by atoms with E-state index in [1.54, 1.807) is 0 Å². The third-order valence-corrected chi connectivity index (χ3v) is 4.03. The molecule has 0 amide bonds. The minimum Gasteiger partial charge on any atom is -0.359 e. The second kappa shape index (κ2) is 4.35. The molecule has 0 spiro atoms. The molecule has 3 rings (SSSR count). The van der Waals surface area contributed by atoms with Crippen LogP contribution >= 0.6 is 11.6 Å². The van der Waals surface area contributed by atoms with Crippen molar-refractivity contribution in [2.24, 2.45) is 0 Å². The zero-order valence-corrected chi connectivity index (χ0v) is 10.8. The molecule has 90 valence electrons. The van der Waals surface area contributed by atoms with E-state index in [9.17, 15) is 0 Å². The number of rotatable bonds is 2. The van der Waals surface area contributed by atoms with Gasteiger partial charge in [-0.15, -0.1) is 0 Å². The van der Waals surface area contributed by atoms with Gasteiger partial charge >= 0.3 is 0 Å². The lowest BCUT2D eigenvalue weighted by Crippen LogP contribution is -2.23. The predicted molar refractivity (Wildman–Crippen MR) is 72.8 cm³/mol. The molecule has 2 nitrogen and oxygen atoms in total. The second-order valence-electron chi connectivity index (χ2n) is 4.95. The zero-order valence-electron chi connectivity index (χ0n) is 10.0. The topological polar surface area (TPSA) is 27.8 Å². The first kappa shape index (κ1) is 11.1. The Morgan fingerprint density at radius 1 is 1.41 bits per heavy atom. The molecule has 1 unspecified atom stereocenters. The molecule has 1 aliphatic rings. The van der Waals surface area contributed by atoms with Crippen molar-refractivity contribution in [3.8, 4) is 0 Å². The summed E-state index contributed by atoms with van der Waals surface area (Å²) in [5.74, 6) is 0. The average molecular weight is 249 g/mol. The highest BCUT2D eigenvalue weighted by Crippen LogP contribution is 2.29. The monoisotopic (exact) mass is 248 g/mol. The molecule has 0 saturated carbocycles. The third-order valence-electron chi connectivity index (χ3n) is 3.58. The van der Waals surface area contributed by atoms with Crippen LogP contribution in [0.4, 0.5) is 0 Å². The number of hydrogen-bond acceptors (Lipinski definition) is 1. The van der Waals surface area contributed by atoms with Gasteiger partial charge in [-0.05, 0) is 50.4 Å². The van der Waals surface area contributed by atoms with Gasteiger partial charge in [-0.2, -0.15) is 0 Å². The highest BCUT2D eigenvalue weighted by Gasteiger charge is 2.17. The molecule has 1 atom stereocenters. The molecule has 1 aromatic carbocycles. The van der Waals surface area contributed by atoms with Gasteiger partial charge in [0, 0.05) is 22.6 Å². The van der Waals surface area contributed by atoms with Crippen molar-refractivity contribution < 1.29 is 0 Å². The molecule has 0 bridgehead atoms. The Kier molecular flexibility index (Phi) is 2.85. The molecule has 3 heteroatoms. The Bertz CT molecular complexity index is 538. The van der Waals surface area contributed by atoms with Crippen molar-refractivity contribution in [1.82, 2.24) is 10.3 Å². The van der Waals surface area contributed by atoms with E-state index in [1.165, 1.54) is 18.4 Å². The highest BCUT2D eigenvalue weighted by atomic mass is 35.5. The van der Waals surface area contributed by atoms with Gasteiger partial charge in [0.05, 0.1) is 5.02 Å². The molecule has 0 radical (unpaired) electrons. The normalized spacial score (nSPS) is 20.2. The van der Waals surface area contributed by atoms with E-state index in [2.05, 4.69) is 35.4 Å². The molecule has 1 aromatic heterocycles. The van der Waals surface area contributed by atoms with Crippen molar-refractivity contribution in [3.05, 3.63) is 34.5 Å². The van der Waals surface area contributed by atoms with Gasteiger partial charge in [0.1, 0.15) is 0 Å². The maximum absolute atomic E-state index is 6.49. The van der Waals surface area contributed by atoms with Crippen molar-refractivity contribution in [1.29, 1.82) is 0 Å². The van der Waals surface area contributed by atoms with Gasteiger partial charge in [0.2, 0.25) is 0 Å². The van der Waals surface area contributed by atoms with Gasteiger partial charge in [0.25, 0.3) is 0 Å². The van der Waals surface area contributed by atoms with Crippen LogP contribution in [0.15, 0.2) is 18.2 Å². The Balaban J connectivity index is 1.95. The minimum atomic E-state index is 0.602. The Labute approximate surface area is 106 Å². The first-order valence-electron chi connectivity index (χ1n) is 6.24. The van der Waals surface area contributed by atoms with Gasteiger partial charge in [-0.1, -0.05) is 17.7 Å². The second-order valence-corrected chi connectivity index (χ2v) is 5.33. The molecule has 2 aromatic rings. The SMILES string of the molecule is Cc1cc2c(Cl)c(CC3CCCN3)ccc2[nH]1. The summed E-state index contributed by atoms with van der Waals surface area (Å²) < 4.78 is 0. The quantitative estimate of drug-likeness (QED) is 0.838. The first-order chi connectivity index (χ1) is 8.24. The van der Waals surface area contributed by atoms with Gasteiger partial charge < -0.3 is 10.3 Å². The van der Waals surface area contributed by atoms with Crippen LogP contribution in [0, 0.1) is 6.92 Å². The molecular formula is C14H17ClN2. The van der Waals surface area contributed by atoms with Gasteiger partial charge in [-0.25, -0.2) is 0 Å². The van der Waals surface area contributed by atoms with Crippen LogP contribution in [-0.4, -0.2) is 17.6 Å². The first-order valence-corrected chi connectivity index (χ1v) is 6.62. The number of fused-ring (bicyclic) bond motifs is 1. The zero-order chi connectivity index (χ0) is 11.8. The van der Waals surface area contributed by atoms with E-state index < -0.39 is 0 Å². The Morgan fingerprint density at radius 3 is 3.06 bits per heavy atom. The van der Waals surface area contributed by atoms with E-state index in [1.807, 2.05) is 0 Å². The van der Waals surface area contributed by atoms with Crippen LogP contribution < -0.4 is 5.32 Å². The van der Waals surface area contributed by atoms with E-state index in [-0.39, 0.29) is 0 Å². The number of H-pyrrole nitrogens is 1. The van der Waals surface area contributed by atoms with Crippen molar-refractivity contribution >= 4 is 22.5 Å². The summed E-state index contributed by atoms with van der Waals surface area (Å²) in [6.07, 6.45) is 3.59. The van der Waals surface area contributed by atoms with E-state index >= 15 is 0 Å². The lowest BCUT2D eigenvalue weighted by Gasteiger charge is -2.11. The summed E-state index contributed by atoms with van der Waals surface area (Å²) in [5.41, 5.74) is 3.56. The van der Waals surface area contributed by atoms with Crippen LogP contribution in [0.1, 0.15) is 24.1 Å². The molecule has 2 heterocycles. The Hall–Kier alpha value is -0.990. The number of halogens is 1. The van der Waals surface area contributed by atoms with Crippen LogP contribution in [0.3, 0.4) is 0 Å². The lowest BCUT2D eigenvalue weighted by molar-refractivity contribution is 0.603. The summed E-state index contributed by atoms with van der Waals surface area (Å²) >= 11 is 6.49. The smallest absolute Gasteiger partial charge is 0.0532 e. The van der Waals surface area contributed by atoms with Crippen LogP contribution in [0.5, 0.6) is 0 Å². The maximum Gasteiger partial charge on any atom is 0.0532 e. The molecular weight excluding hydrogens is 232 g/mol. The van der Waals surface area contributed by atoms with Crippen LogP contribution in [-0.2, 0) is 6.42 Å². The van der Waals surface area contributed by atoms with Crippen molar-refractivity contribution in [2.75, 3.05) is 6.54 Å². The molecule has 1 aliphatic heterocycles. The molecule has 1 fully saturated rings. The lowest BCUT2D eigenvalue weighted by atomic mass is 10.0. The van der Waals surface area contributed by atoms with E-state index in [4.69, 9.17) is 11.6 Å². The minimum absolute atomic E-state index is 0.602. The summed E-state index contributed by atoms with van der Waals surface area (Å²) in [6.45, 7) is 3.21. The summed E-state index contributed by atoms with van der Waals surface area (Å²) in [5, 5.41) is 5.59. The number of aromatic amines is 1. The highest BCUT2D eigenvalue weighted by molar-refractivity contribution is 6.36. The number of aromatic nitrogens is 1. The number of benzene rings is 1. The van der Waals surface area contributed by atoms with E-state index in [0.29, 0.717) is 6.04 Å². The van der Waals surface area contributed by atoms with E-state index in [0.717, 1.165) is 34.6 Å². The predicted octanol–water partition coefficient (Wildman–Crippen LogP) is 3.42. The van der Waals surface area contributed by atoms with Crippen LogP contribution in [0.25, 0.3) is 10.9 Å². The standard InChI is InChI=1S/C14H17ClN2/c1-9-7-12-13(17-9)5-4-10(14(12)15)8-11-3-2-6-16-11/h4-5,7,11,16-17H,2-3,6,8H2,1H3. The number of nitrogens with one attached hydrogen (secondary N) is 2. The van der Waals surface area contributed by atoms with Crippen LogP contribution in [0.2, 0.25) is 5.02 Å². The Morgan fingerprint density at radius 2 is 2.29 bits per heavy atom. The molecule has 17 heavy (non-hydrogen) atoms. The fourth-order valence-electron chi connectivity index (χ4n) is 2.71. The fourth-order valence-corrected chi connectivity index (χ4v) is 3.00. The maximum atomic E-state index is 6.49. The molecule has 0 aliphatic carbocycles. The molecule has 1 saturated heterocycles. The third kappa shape index (κ3) is 2.07.